The minimum absolute atomic E-state index is 0.0328. The number of ketones is 1. The smallest absolute Gasteiger partial charge is 0.300 e. The molecule has 3 aromatic carbocycles. The number of nitrogens with zero attached hydrogens (tertiary/aromatic N) is 1. The van der Waals surface area contributed by atoms with Crippen molar-refractivity contribution in [3.05, 3.63) is 94.6 Å². The fraction of sp³-hybridized carbons (Fsp3) is 0.241. The Morgan fingerprint density at radius 2 is 1.71 bits per heavy atom. The maximum absolute atomic E-state index is 13.4. The summed E-state index contributed by atoms with van der Waals surface area (Å²) in [6, 6.07) is 18.9. The van der Waals surface area contributed by atoms with Crippen LogP contribution >= 0.6 is 0 Å². The van der Waals surface area contributed by atoms with Gasteiger partial charge in [-0.15, -0.1) is 0 Å². The van der Waals surface area contributed by atoms with E-state index in [1.54, 1.807) is 49.6 Å². The van der Waals surface area contributed by atoms with Crippen LogP contribution in [0.15, 0.2) is 72.3 Å². The third-order valence-corrected chi connectivity index (χ3v) is 6.07. The molecule has 1 fully saturated rings. The minimum atomic E-state index is -0.817. The van der Waals surface area contributed by atoms with E-state index in [2.05, 4.69) is 0 Å². The van der Waals surface area contributed by atoms with E-state index in [1.165, 1.54) is 4.90 Å². The Hall–Kier alpha value is -4.06. The van der Waals surface area contributed by atoms with E-state index in [9.17, 15) is 14.7 Å². The van der Waals surface area contributed by atoms with Crippen LogP contribution in [0.5, 0.6) is 11.5 Å². The lowest BCUT2D eigenvalue weighted by Gasteiger charge is -2.27. The predicted octanol–water partition coefficient (Wildman–Crippen LogP) is 5.73. The van der Waals surface area contributed by atoms with Crippen molar-refractivity contribution < 1.29 is 24.2 Å². The van der Waals surface area contributed by atoms with Crippen molar-refractivity contribution in [1.82, 2.24) is 0 Å². The largest absolute Gasteiger partial charge is 0.507 e. The Morgan fingerprint density at radius 1 is 0.971 bits per heavy atom. The number of aryl methyl sites for hydroxylation is 2. The maximum Gasteiger partial charge on any atom is 0.300 e. The van der Waals surface area contributed by atoms with Gasteiger partial charge in [-0.2, -0.15) is 0 Å². The van der Waals surface area contributed by atoms with Gasteiger partial charge in [-0.05, 0) is 73.9 Å². The quantitative estimate of drug-likeness (QED) is 0.271. The van der Waals surface area contributed by atoms with Crippen LogP contribution in [-0.2, 0) is 9.59 Å². The van der Waals surface area contributed by atoms with Gasteiger partial charge in [0.15, 0.2) is 0 Å². The third-order valence-electron chi connectivity index (χ3n) is 6.07. The van der Waals surface area contributed by atoms with E-state index in [0.717, 1.165) is 17.5 Å². The minimum Gasteiger partial charge on any atom is -0.507 e. The number of aliphatic hydroxyl groups excluding tert-OH is 1. The second-order valence-electron chi connectivity index (χ2n) is 8.61. The van der Waals surface area contributed by atoms with Crippen LogP contribution < -0.4 is 14.4 Å². The Labute approximate surface area is 205 Å². The molecule has 1 heterocycles. The molecule has 1 N–H and O–H groups in total. The molecule has 0 spiro atoms. The summed E-state index contributed by atoms with van der Waals surface area (Å²) in [4.78, 5) is 28.2. The number of anilines is 1. The van der Waals surface area contributed by atoms with Gasteiger partial charge in [0.1, 0.15) is 17.3 Å². The number of benzene rings is 3. The highest BCUT2D eigenvalue weighted by atomic mass is 16.5. The Balaban J connectivity index is 1.89. The second-order valence-corrected chi connectivity index (χ2v) is 8.61. The summed E-state index contributed by atoms with van der Waals surface area (Å²) in [5, 5.41) is 11.3. The molecule has 0 radical (unpaired) electrons. The molecular formula is C29H29NO5. The molecule has 1 amide bonds. The van der Waals surface area contributed by atoms with E-state index in [1.807, 2.05) is 45.0 Å². The molecule has 1 saturated heterocycles. The number of hydrogen-bond donors (Lipinski definition) is 1. The Kier molecular flexibility index (Phi) is 6.92. The lowest BCUT2D eigenvalue weighted by Crippen LogP contribution is -2.30. The van der Waals surface area contributed by atoms with Gasteiger partial charge in [0.05, 0.1) is 25.3 Å². The zero-order chi connectivity index (χ0) is 25.1. The van der Waals surface area contributed by atoms with Gasteiger partial charge in [0.25, 0.3) is 11.7 Å². The van der Waals surface area contributed by atoms with Gasteiger partial charge in [-0.1, -0.05) is 36.8 Å². The summed E-state index contributed by atoms with van der Waals surface area (Å²) in [7, 11) is 1.56. The average Bonchev–Trinajstić information content (AvgIpc) is 3.13. The SMILES string of the molecule is CCCOc1ccc(/C(O)=C2\C(=O)C(=O)N(c3ccc(C)cc3C)C2c2cccc(OC)c2)cc1. The second kappa shape index (κ2) is 10.1. The molecule has 4 rings (SSSR count). The van der Waals surface area contributed by atoms with Crippen LogP contribution in [0.3, 0.4) is 0 Å². The zero-order valence-electron chi connectivity index (χ0n) is 20.4. The van der Waals surface area contributed by atoms with Crippen molar-refractivity contribution in [2.75, 3.05) is 18.6 Å². The number of Topliss-reactive ketones (excluding diaryl/α,β-unsaturated/α-hetero) is 1. The fourth-order valence-electron chi connectivity index (χ4n) is 4.37. The summed E-state index contributed by atoms with van der Waals surface area (Å²) >= 11 is 0. The first-order chi connectivity index (χ1) is 16.8. The van der Waals surface area contributed by atoms with Crippen molar-refractivity contribution in [2.24, 2.45) is 0 Å². The van der Waals surface area contributed by atoms with Crippen LogP contribution in [0.2, 0.25) is 0 Å². The molecule has 1 aliphatic rings. The maximum atomic E-state index is 13.4. The average molecular weight is 472 g/mol. The number of ether oxygens (including phenoxy) is 2. The van der Waals surface area contributed by atoms with Gasteiger partial charge in [-0.25, -0.2) is 0 Å². The number of amides is 1. The summed E-state index contributed by atoms with van der Waals surface area (Å²) in [6.07, 6.45) is 0.879. The van der Waals surface area contributed by atoms with Gasteiger partial charge in [0.2, 0.25) is 0 Å². The lowest BCUT2D eigenvalue weighted by molar-refractivity contribution is -0.132. The molecule has 35 heavy (non-hydrogen) atoms. The lowest BCUT2D eigenvalue weighted by atomic mass is 9.94. The molecule has 0 aromatic heterocycles. The predicted molar refractivity (Wildman–Crippen MR) is 136 cm³/mol. The molecule has 0 saturated carbocycles. The highest BCUT2D eigenvalue weighted by Gasteiger charge is 2.47. The van der Waals surface area contributed by atoms with Crippen molar-refractivity contribution in [3.8, 4) is 11.5 Å². The number of methoxy groups -OCH3 is 1. The van der Waals surface area contributed by atoms with Crippen LogP contribution in [0.4, 0.5) is 5.69 Å². The van der Waals surface area contributed by atoms with E-state index < -0.39 is 17.7 Å². The number of rotatable bonds is 7. The molecule has 180 valence electrons. The first-order valence-corrected chi connectivity index (χ1v) is 11.6. The zero-order valence-corrected chi connectivity index (χ0v) is 20.4. The van der Waals surface area contributed by atoms with E-state index in [-0.39, 0.29) is 11.3 Å². The molecule has 0 aliphatic carbocycles. The highest BCUT2D eigenvalue weighted by molar-refractivity contribution is 6.51. The normalized spacial score (nSPS) is 17.0. The molecule has 1 aliphatic heterocycles. The third kappa shape index (κ3) is 4.64. The number of carbonyl (C=O) groups excluding carboxylic acids is 2. The van der Waals surface area contributed by atoms with E-state index in [4.69, 9.17) is 9.47 Å². The number of hydrogen-bond acceptors (Lipinski definition) is 5. The van der Waals surface area contributed by atoms with Crippen LogP contribution in [0, 0.1) is 13.8 Å². The topological polar surface area (TPSA) is 76.1 Å². The van der Waals surface area contributed by atoms with Gasteiger partial charge >= 0.3 is 0 Å². The Bertz CT molecular complexity index is 1290. The molecule has 1 unspecified atom stereocenters. The van der Waals surface area contributed by atoms with E-state index >= 15 is 0 Å². The van der Waals surface area contributed by atoms with Crippen molar-refractivity contribution in [1.29, 1.82) is 0 Å². The number of aliphatic hydroxyl groups is 1. The molecule has 6 heteroatoms. The first-order valence-electron chi connectivity index (χ1n) is 11.6. The molecular weight excluding hydrogens is 442 g/mol. The number of carbonyl (C=O) groups is 2. The molecule has 1 atom stereocenters. The first kappa shape index (κ1) is 24.1. The Morgan fingerprint density at radius 3 is 2.37 bits per heavy atom. The fourth-order valence-corrected chi connectivity index (χ4v) is 4.37. The van der Waals surface area contributed by atoms with Crippen LogP contribution in [-0.4, -0.2) is 30.5 Å². The van der Waals surface area contributed by atoms with Gasteiger partial charge in [-0.3, -0.25) is 14.5 Å². The monoisotopic (exact) mass is 471 g/mol. The highest BCUT2D eigenvalue weighted by Crippen LogP contribution is 2.43. The van der Waals surface area contributed by atoms with Crippen molar-refractivity contribution >= 4 is 23.1 Å². The summed E-state index contributed by atoms with van der Waals surface area (Å²) in [6.45, 7) is 6.48. The molecule has 0 bridgehead atoms. The summed E-state index contributed by atoms with van der Waals surface area (Å²) in [5.41, 5.74) is 3.65. The van der Waals surface area contributed by atoms with E-state index in [0.29, 0.717) is 34.9 Å². The van der Waals surface area contributed by atoms with Crippen molar-refractivity contribution in [3.63, 3.8) is 0 Å². The van der Waals surface area contributed by atoms with Crippen LogP contribution in [0.1, 0.15) is 41.6 Å². The van der Waals surface area contributed by atoms with Crippen molar-refractivity contribution in [2.45, 2.75) is 33.2 Å². The molecule has 3 aromatic rings. The summed E-state index contributed by atoms with van der Waals surface area (Å²) in [5.74, 6) is -0.393. The van der Waals surface area contributed by atoms with Gasteiger partial charge in [0, 0.05) is 11.3 Å². The summed E-state index contributed by atoms with van der Waals surface area (Å²) < 4.78 is 11.0. The van der Waals surface area contributed by atoms with Crippen LogP contribution in [0.25, 0.3) is 5.76 Å². The molecule has 6 nitrogen and oxygen atoms in total. The standard InChI is InChI=1S/C29H29NO5/c1-5-15-35-22-12-10-20(11-13-22)27(31)25-26(21-7-6-8-23(17-21)34-4)30(29(33)28(25)32)24-14-9-18(2)16-19(24)3/h6-14,16-17,26,31H,5,15H2,1-4H3/b27-25+. The van der Waals surface area contributed by atoms with Gasteiger partial charge < -0.3 is 14.6 Å².